The van der Waals surface area contributed by atoms with Gasteiger partial charge in [0.2, 0.25) is 10.0 Å². The zero-order valence-corrected chi connectivity index (χ0v) is 13.4. The highest BCUT2D eigenvalue weighted by molar-refractivity contribution is 7.88. The number of piperidine rings is 2. The summed E-state index contributed by atoms with van der Waals surface area (Å²) in [5.74, 6) is 0.791. The predicted octanol–water partition coefficient (Wildman–Crippen LogP) is 0.116. The number of nitrogens with zero attached hydrogens (tertiary/aromatic N) is 3. The summed E-state index contributed by atoms with van der Waals surface area (Å²) in [6.45, 7) is 3.95. The third-order valence-electron chi connectivity index (χ3n) is 4.51. The van der Waals surface area contributed by atoms with Crippen LogP contribution in [-0.2, 0) is 10.0 Å². The van der Waals surface area contributed by atoms with Gasteiger partial charge in [0.1, 0.15) is 5.84 Å². The zero-order chi connectivity index (χ0) is 15.5. The van der Waals surface area contributed by atoms with E-state index in [0.29, 0.717) is 24.8 Å². The zero-order valence-electron chi connectivity index (χ0n) is 12.6. The van der Waals surface area contributed by atoms with Crippen LogP contribution in [0.3, 0.4) is 0 Å². The summed E-state index contributed by atoms with van der Waals surface area (Å²) in [5.41, 5.74) is 5.71. The quantitative estimate of drug-likeness (QED) is 0.332. The molecule has 122 valence electrons. The number of likely N-dealkylation sites (tertiary alicyclic amines) is 1. The van der Waals surface area contributed by atoms with E-state index in [0.717, 1.165) is 45.3 Å². The largest absolute Gasteiger partial charge is 0.409 e. The molecular weight excluding hydrogens is 292 g/mol. The lowest BCUT2D eigenvalue weighted by Gasteiger charge is -2.37. The molecule has 0 spiro atoms. The average Bonchev–Trinajstić information content (AvgIpc) is 2.46. The van der Waals surface area contributed by atoms with Crippen molar-refractivity contribution in [2.75, 3.05) is 39.0 Å². The van der Waals surface area contributed by atoms with Crippen LogP contribution >= 0.6 is 0 Å². The van der Waals surface area contributed by atoms with Gasteiger partial charge in [0, 0.05) is 32.1 Å². The van der Waals surface area contributed by atoms with E-state index in [1.165, 1.54) is 6.26 Å². The Morgan fingerprint density at radius 3 is 2.67 bits per heavy atom. The molecule has 3 N–H and O–H groups in total. The van der Waals surface area contributed by atoms with Gasteiger partial charge in [-0.2, -0.15) is 0 Å². The summed E-state index contributed by atoms with van der Waals surface area (Å²) in [6.07, 6.45) is 5.26. The molecule has 0 bridgehead atoms. The summed E-state index contributed by atoms with van der Waals surface area (Å²) in [4.78, 5) is 2.32. The second-order valence-corrected chi connectivity index (χ2v) is 8.24. The Labute approximate surface area is 126 Å². The second-order valence-electron chi connectivity index (χ2n) is 6.25. The van der Waals surface area contributed by atoms with E-state index >= 15 is 0 Å². The fraction of sp³-hybridized carbons (Fsp3) is 0.923. The Morgan fingerprint density at radius 2 is 2.00 bits per heavy atom. The molecule has 0 aromatic carbocycles. The first-order valence-electron chi connectivity index (χ1n) is 7.55. The molecule has 2 rings (SSSR count). The number of hydrogen-bond acceptors (Lipinski definition) is 5. The predicted molar refractivity (Wildman–Crippen MR) is 81.7 cm³/mol. The van der Waals surface area contributed by atoms with Gasteiger partial charge in [-0.05, 0) is 38.1 Å². The molecule has 2 saturated heterocycles. The lowest BCUT2D eigenvalue weighted by Crippen LogP contribution is -2.47. The molecule has 2 fully saturated rings. The number of hydrogen-bond donors (Lipinski definition) is 2. The van der Waals surface area contributed by atoms with Crippen LogP contribution in [0.4, 0.5) is 0 Å². The van der Waals surface area contributed by atoms with Gasteiger partial charge in [0.05, 0.1) is 6.26 Å². The van der Waals surface area contributed by atoms with Gasteiger partial charge < -0.3 is 15.8 Å². The minimum absolute atomic E-state index is 0.110. The Bertz CT molecular complexity index is 480. The molecule has 0 aromatic rings. The monoisotopic (exact) mass is 318 g/mol. The minimum Gasteiger partial charge on any atom is -0.409 e. The number of sulfonamides is 1. The minimum atomic E-state index is -3.09. The van der Waals surface area contributed by atoms with Gasteiger partial charge in [-0.3, -0.25) is 0 Å². The SMILES string of the molecule is CS(=O)(=O)N1CCCC(CN2CCCC(C(N)=NO)C2)C1. The molecule has 0 amide bonds. The average molecular weight is 318 g/mol. The van der Waals surface area contributed by atoms with E-state index in [1.54, 1.807) is 4.31 Å². The third-order valence-corrected chi connectivity index (χ3v) is 5.78. The van der Waals surface area contributed by atoms with E-state index in [4.69, 9.17) is 10.9 Å². The highest BCUT2D eigenvalue weighted by Gasteiger charge is 2.29. The Kier molecular flexibility index (Phi) is 5.45. The van der Waals surface area contributed by atoms with Crippen molar-refractivity contribution in [1.82, 2.24) is 9.21 Å². The molecule has 0 radical (unpaired) electrons. The number of rotatable bonds is 4. The first kappa shape index (κ1) is 16.5. The molecule has 0 aliphatic carbocycles. The maximum atomic E-state index is 11.7. The molecule has 2 aliphatic rings. The molecule has 2 atom stereocenters. The highest BCUT2D eigenvalue weighted by atomic mass is 32.2. The van der Waals surface area contributed by atoms with E-state index in [9.17, 15) is 8.42 Å². The van der Waals surface area contributed by atoms with Crippen molar-refractivity contribution in [2.45, 2.75) is 25.7 Å². The van der Waals surface area contributed by atoms with E-state index in [1.807, 2.05) is 0 Å². The smallest absolute Gasteiger partial charge is 0.211 e. The number of nitrogens with two attached hydrogens (primary N) is 1. The van der Waals surface area contributed by atoms with Crippen LogP contribution in [0, 0.1) is 11.8 Å². The van der Waals surface area contributed by atoms with Gasteiger partial charge in [-0.1, -0.05) is 5.16 Å². The highest BCUT2D eigenvalue weighted by Crippen LogP contribution is 2.23. The van der Waals surface area contributed by atoms with Crippen LogP contribution < -0.4 is 5.73 Å². The fourth-order valence-corrected chi connectivity index (χ4v) is 4.33. The van der Waals surface area contributed by atoms with Crippen LogP contribution in [0.5, 0.6) is 0 Å². The van der Waals surface area contributed by atoms with Crippen LogP contribution in [-0.4, -0.2) is 67.6 Å². The molecule has 21 heavy (non-hydrogen) atoms. The Balaban J connectivity index is 1.89. The van der Waals surface area contributed by atoms with Crippen LogP contribution in [0.15, 0.2) is 5.16 Å². The van der Waals surface area contributed by atoms with Crippen LogP contribution in [0.25, 0.3) is 0 Å². The summed E-state index contributed by atoms with van der Waals surface area (Å²) in [6, 6.07) is 0. The molecule has 2 aliphatic heterocycles. The van der Waals surface area contributed by atoms with Crippen molar-refractivity contribution < 1.29 is 13.6 Å². The summed E-state index contributed by atoms with van der Waals surface area (Å²) >= 11 is 0. The van der Waals surface area contributed by atoms with E-state index in [-0.39, 0.29) is 5.92 Å². The van der Waals surface area contributed by atoms with Gasteiger partial charge in [0.25, 0.3) is 0 Å². The maximum absolute atomic E-state index is 11.7. The molecule has 2 unspecified atom stereocenters. The fourth-order valence-electron chi connectivity index (χ4n) is 3.39. The van der Waals surface area contributed by atoms with Gasteiger partial charge >= 0.3 is 0 Å². The number of amidine groups is 1. The summed E-state index contributed by atoms with van der Waals surface area (Å²) in [5, 5.41) is 11.9. The van der Waals surface area contributed by atoms with Crippen molar-refractivity contribution >= 4 is 15.9 Å². The van der Waals surface area contributed by atoms with Gasteiger partial charge in [-0.25, -0.2) is 12.7 Å². The van der Waals surface area contributed by atoms with Crippen molar-refractivity contribution in [3.63, 3.8) is 0 Å². The topological polar surface area (TPSA) is 99.2 Å². The number of oxime groups is 1. The lowest BCUT2D eigenvalue weighted by atomic mass is 9.94. The van der Waals surface area contributed by atoms with Crippen molar-refractivity contribution in [2.24, 2.45) is 22.7 Å². The first-order chi connectivity index (χ1) is 9.90. The van der Waals surface area contributed by atoms with Gasteiger partial charge in [-0.15, -0.1) is 0 Å². The van der Waals surface area contributed by atoms with Crippen molar-refractivity contribution in [3.05, 3.63) is 0 Å². The van der Waals surface area contributed by atoms with Crippen molar-refractivity contribution in [1.29, 1.82) is 0 Å². The molecule has 8 heteroatoms. The molecule has 7 nitrogen and oxygen atoms in total. The third kappa shape index (κ3) is 4.55. The summed E-state index contributed by atoms with van der Waals surface area (Å²) in [7, 11) is -3.09. The second kappa shape index (κ2) is 6.93. The maximum Gasteiger partial charge on any atom is 0.211 e. The van der Waals surface area contributed by atoms with Crippen molar-refractivity contribution in [3.8, 4) is 0 Å². The first-order valence-corrected chi connectivity index (χ1v) is 9.40. The molecule has 0 aromatic heterocycles. The van der Waals surface area contributed by atoms with E-state index in [2.05, 4.69) is 10.1 Å². The van der Waals surface area contributed by atoms with Crippen LogP contribution in [0.1, 0.15) is 25.7 Å². The van der Waals surface area contributed by atoms with Gasteiger partial charge in [0.15, 0.2) is 0 Å². The van der Waals surface area contributed by atoms with E-state index < -0.39 is 10.0 Å². The summed E-state index contributed by atoms with van der Waals surface area (Å²) < 4.78 is 24.9. The Morgan fingerprint density at radius 1 is 1.29 bits per heavy atom. The Hall–Kier alpha value is -0.860. The lowest BCUT2D eigenvalue weighted by molar-refractivity contribution is 0.144. The molecule has 0 saturated carbocycles. The van der Waals surface area contributed by atoms with Crippen LogP contribution in [0.2, 0.25) is 0 Å². The molecule has 2 heterocycles. The molecular formula is C13H26N4O3S. The standard InChI is InChI=1S/C13H26N4O3S/c1-21(19,20)17-7-2-4-11(9-17)8-16-6-3-5-12(10-16)13(14)15-18/h11-12,18H,2-10H2,1H3,(H2,14,15). The normalized spacial score (nSPS) is 30.4.